The van der Waals surface area contributed by atoms with E-state index in [1.54, 1.807) is 10.4 Å². The molecule has 8 heteroatoms. The Balaban J connectivity index is 1.41. The van der Waals surface area contributed by atoms with Gasteiger partial charge in [-0.1, -0.05) is 19.1 Å². The van der Waals surface area contributed by atoms with Gasteiger partial charge in [-0.05, 0) is 85.4 Å². The molecule has 0 amide bonds. The Morgan fingerprint density at radius 3 is 2.44 bits per heavy atom. The van der Waals surface area contributed by atoms with Crippen LogP contribution in [0.1, 0.15) is 53.2 Å². The van der Waals surface area contributed by atoms with Crippen molar-refractivity contribution >= 4 is 21.8 Å². The van der Waals surface area contributed by atoms with E-state index in [4.69, 9.17) is 0 Å². The number of rotatable bonds is 5. The first-order valence-corrected chi connectivity index (χ1v) is 13.3. The van der Waals surface area contributed by atoms with Gasteiger partial charge in [-0.2, -0.15) is 17.4 Å². The number of carbonyl (C=O) groups excluding carboxylic acids is 1. The first-order valence-electron chi connectivity index (χ1n) is 11.8. The summed E-state index contributed by atoms with van der Waals surface area (Å²) in [6.45, 7) is 3.02. The maximum absolute atomic E-state index is 13.1. The molecule has 1 saturated heterocycles. The second-order valence-corrected chi connectivity index (χ2v) is 11.4. The molecular formula is C26H29FN2O4S. The summed E-state index contributed by atoms with van der Waals surface area (Å²) < 4.78 is 43.5. The van der Waals surface area contributed by atoms with Crippen LogP contribution < -0.4 is 4.72 Å². The summed E-state index contributed by atoms with van der Waals surface area (Å²) in [5.74, 6) is -0.563. The largest absolute Gasteiger partial charge is 0.507 e. The van der Waals surface area contributed by atoms with Crippen LogP contribution in [0.5, 0.6) is 0 Å². The first-order chi connectivity index (χ1) is 16.2. The lowest BCUT2D eigenvalue weighted by Crippen LogP contribution is -2.52. The fraction of sp³-hybridized carbons (Fsp3) is 0.423. The molecule has 2 aromatic rings. The molecule has 0 aromatic heterocycles. The molecule has 2 aromatic carbocycles. The number of halogens is 1. The molecule has 1 aliphatic heterocycles. The van der Waals surface area contributed by atoms with Gasteiger partial charge in [0.2, 0.25) is 0 Å². The van der Waals surface area contributed by atoms with Crippen molar-refractivity contribution in [1.82, 2.24) is 9.03 Å². The Morgan fingerprint density at radius 2 is 1.76 bits per heavy atom. The van der Waals surface area contributed by atoms with Crippen molar-refractivity contribution in [2.24, 2.45) is 11.8 Å². The van der Waals surface area contributed by atoms with E-state index in [0.29, 0.717) is 24.2 Å². The third kappa shape index (κ3) is 3.97. The zero-order valence-electron chi connectivity index (χ0n) is 19.1. The molecule has 0 radical (unpaired) electrons. The van der Waals surface area contributed by atoms with Gasteiger partial charge >= 0.3 is 0 Å². The Morgan fingerprint density at radius 1 is 1.12 bits per heavy atom. The molecule has 0 unspecified atom stereocenters. The van der Waals surface area contributed by atoms with E-state index in [-0.39, 0.29) is 17.6 Å². The van der Waals surface area contributed by atoms with Gasteiger partial charge in [-0.3, -0.25) is 4.79 Å². The quantitative estimate of drug-likeness (QED) is 0.381. The van der Waals surface area contributed by atoms with Crippen molar-refractivity contribution in [1.29, 1.82) is 0 Å². The molecule has 2 bridgehead atoms. The van der Waals surface area contributed by atoms with E-state index >= 15 is 0 Å². The fourth-order valence-electron chi connectivity index (χ4n) is 6.02. The maximum Gasteiger partial charge on any atom is 0.280 e. The number of aliphatic hydroxyl groups is 1. The number of hydrogen-bond donors (Lipinski definition) is 2. The highest BCUT2D eigenvalue weighted by Gasteiger charge is 2.59. The van der Waals surface area contributed by atoms with Crippen molar-refractivity contribution < 1.29 is 22.7 Å². The topological polar surface area (TPSA) is 86.7 Å². The minimum absolute atomic E-state index is 0.142. The smallest absolute Gasteiger partial charge is 0.280 e. The summed E-state index contributed by atoms with van der Waals surface area (Å²) in [6.07, 6.45) is 5.40. The summed E-state index contributed by atoms with van der Waals surface area (Å²) in [6, 6.07) is 10.9. The predicted molar refractivity (Wildman–Crippen MR) is 128 cm³/mol. The molecule has 2 N–H and O–H groups in total. The van der Waals surface area contributed by atoms with E-state index in [1.807, 2.05) is 19.1 Å². The lowest BCUT2D eigenvalue weighted by atomic mass is 9.79. The van der Waals surface area contributed by atoms with Crippen LogP contribution in [0.4, 0.5) is 4.39 Å². The Hall–Kier alpha value is -2.55. The maximum atomic E-state index is 13.1. The van der Waals surface area contributed by atoms with Crippen LogP contribution >= 0.6 is 0 Å². The van der Waals surface area contributed by atoms with Gasteiger partial charge in [0.05, 0.1) is 5.54 Å². The highest BCUT2D eigenvalue weighted by molar-refractivity contribution is 7.87. The van der Waals surface area contributed by atoms with Crippen LogP contribution in [-0.2, 0) is 23.1 Å². The number of nitrogens with zero attached hydrogens (tertiary/aromatic N) is 1. The molecule has 34 heavy (non-hydrogen) atoms. The minimum atomic E-state index is -3.48. The van der Waals surface area contributed by atoms with Crippen molar-refractivity contribution in [3.05, 3.63) is 76.6 Å². The molecule has 3 aliphatic rings. The summed E-state index contributed by atoms with van der Waals surface area (Å²) in [7, 11) is -3.48. The van der Waals surface area contributed by atoms with Crippen LogP contribution in [0.2, 0.25) is 0 Å². The van der Waals surface area contributed by atoms with E-state index in [2.05, 4.69) is 4.72 Å². The van der Waals surface area contributed by atoms with Crippen molar-refractivity contribution in [2.45, 2.75) is 44.6 Å². The van der Waals surface area contributed by atoms with Crippen LogP contribution in [0.3, 0.4) is 0 Å². The van der Waals surface area contributed by atoms with E-state index in [0.717, 1.165) is 43.7 Å². The number of hydrogen-bond acceptors (Lipinski definition) is 4. The number of ketones is 1. The third-order valence-corrected chi connectivity index (χ3v) is 9.35. The number of benzene rings is 2. The second-order valence-electron chi connectivity index (χ2n) is 9.74. The Bertz CT molecular complexity index is 1260. The average molecular weight is 485 g/mol. The normalized spacial score (nSPS) is 28.1. The fourth-order valence-corrected chi connectivity index (χ4v) is 7.83. The monoisotopic (exact) mass is 484 g/mol. The molecule has 6 nitrogen and oxygen atoms in total. The molecule has 180 valence electrons. The van der Waals surface area contributed by atoms with Crippen LogP contribution in [0.25, 0.3) is 5.76 Å². The highest BCUT2D eigenvalue weighted by atomic mass is 32.2. The zero-order valence-corrected chi connectivity index (χ0v) is 19.9. The zero-order chi connectivity index (χ0) is 24.1. The number of fused-ring (bicyclic) bond motifs is 1. The van der Waals surface area contributed by atoms with Crippen molar-refractivity contribution in [3.63, 3.8) is 0 Å². The van der Waals surface area contributed by atoms with Gasteiger partial charge in [0.1, 0.15) is 11.6 Å². The molecule has 1 spiro atoms. The molecule has 2 aliphatic carbocycles. The van der Waals surface area contributed by atoms with Gasteiger partial charge < -0.3 is 5.11 Å². The van der Waals surface area contributed by atoms with Gasteiger partial charge in [-0.15, -0.1) is 0 Å². The Labute approximate surface area is 199 Å². The van der Waals surface area contributed by atoms with Gasteiger partial charge in [0, 0.05) is 30.3 Å². The molecule has 1 heterocycles. The van der Waals surface area contributed by atoms with Crippen LogP contribution in [0, 0.1) is 17.7 Å². The number of allylic oxidation sites excluding steroid dienone is 1. The number of nitrogens with one attached hydrogen (secondary N) is 1. The molecule has 2 fully saturated rings. The van der Waals surface area contributed by atoms with E-state index in [1.165, 1.54) is 29.8 Å². The van der Waals surface area contributed by atoms with Gasteiger partial charge in [0.25, 0.3) is 10.2 Å². The summed E-state index contributed by atoms with van der Waals surface area (Å²) >= 11 is 0. The number of aliphatic hydroxyl groups excluding tert-OH is 1. The number of carbonyl (C=O) groups is 1. The first kappa shape index (κ1) is 23.2. The van der Waals surface area contributed by atoms with Crippen LogP contribution in [-0.4, -0.2) is 42.2 Å². The standard InChI is InChI=1S/C26H29FN2O4S/c1-2-11-29-16-26(28-34(29,32)33)21-7-8-22(26)14-20-12-19(4-3-18(20)13-21)25(31)15-24(30)17-5-9-23(27)10-6-17/h3-6,9-10,12,15,21-22,28,31H,2,7-8,11,13-14,16H2,1H3/t21-,22+,26+/m0/s1. The van der Waals surface area contributed by atoms with Crippen LogP contribution in [0.15, 0.2) is 48.5 Å². The van der Waals surface area contributed by atoms with E-state index < -0.39 is 27.3 Å². The minimum Gasteiger partial charge on any atom is -0.507 e. The van der Waals surface area contributed by atoms with Gasteiger partial charge in [-0.25, -0.2) is 4.39 Å². The molecular weight excluding hydrogens is 455 g/mol. The average Bonchev–Trinajstić information content (AvgIpc) is 3.19. The summed E-state index contributed by atoms with van der Waals surface area (Å²) in [5.41, 5.74) is 2.64. The SMILES string of the molecule is CCCN1C[C@]2(NS1(=O)=O)[C@@H]1CC[C@H]2Cc2ccc(C(O)=CC(=O)c3ccc(F)cc3)cc2C1. The van der Waals surface area contributed by atoms with Crippen molar-refractivity contribution in [3.8, 4) is 0 Å². The second kappa shape index (κ2) is 8.59. The summed E-state index contributed by atoms with van der Waals surface area (Å²) in [4.78, 5) is 12.5. The Kier molecular flexibility index (Phi) is 5.86. The molecule has 3 atom stereocenters. The lowest BCUT2D eigenvalue weighted by Gasteiger charge is -2.33. The third-order valence-electron chi connectivity index (χ3n) is 7.72. The predicted octanol–water partition coefficient (Wildman–Crippen LogP) is 4.03. The van der Waals surface area contributed by atoms with Crippen molar-refractivity contribution in [2.75, 3.05) is 13.1 Å². The molecule has 1 saturated carbocycles. The summed E-state index contributed by atoms with van der Waals surface area (Å²) in [5, 5.41) is 10.6. The van der Waals surface area contributed by atoms with Gasteiger partial charge in [0.15, 0.2) is 5.78 Å². The highest BCUT2D eigenvalue weighted by Crippen LogP contribution is 2.50. The lowest BCUT2D eigenvalue weighted by molar-refractivity contribution is 0.104. The molecule has 5 rings (SSSR count). The van der Waals surface area contributed by atoms with E-state index in [9.17, 15) is 22.7 Å².